The van der Waals surface area contributed by atoms with Gasteiger partial charge in [-0.1, -0.05) is 56.2 Å². The van der Waals surface area contributed by atoms with Crippen LogP contribution in [-0.4, -0.2) is 76.3 Å². The third-order valence-corrected chi connectivity index (χ3v) is 16.2. The summed E-state index contributed by atoms with van der Waals surface area (Å²) in [6.07, 6.45) is 5.80. The average molecular weight is 893 g/mol. The van der Waals surface area contributed by atoms with E-state index in [1.807, 2.05) is 17.9 Å². The second-order valence-corrected chi connectivity index (χ2v) is 20.2. The van der Waals surface area contributed by atoms with Gasteiger partial charge in [0.05, 0.1) is 40.6 Å². The van der Waals surface area contributed by atoms with E-state index < -0.39 is 54.9 Å². The van der Waals surface area contributed by atoms with Crippen molar-refractivity contribution in [1.82, 2.24) is 20.2 Å². The van der Waals surface area contributed by atoms with Crippen molar-refractivity contribution in [3.63, 3.8) is 0 Å². The number of carbonyl (C=O) groups is 4. The van der Waals surface area contributed by atoms with E-state index >= 15 is 4.39 Å². The Morgan fingerprint density at radius 1 is 1.00 bits per heavy atom. The van der Waals surface area contributed by atoms with Gasteiger partial charge in [-0.05, 0) is 111 Å². The molecule has 3 saturated heterocycles. The van der Waals surface area contributed by atoms with E-state index in [1.165, 1.54) is 42.5 Å². The first-order valence-corrected chi connectivity index (χ1v) is 24.2. The zero-order chi connectivity index (χ0) is 44.5. The maximum atomic E-state index is 16.6. The second kappa shape index (κ2) is 18.2. The van der Waals surface area contributed by atoms with Crippen LogP contribution in [0.1, 0.15) is 110 Å². The molecule has 0 bridgehead atoms. The zero-order valence-electron chi connectivity index (χ0n) is 35.2. The Labute approximate surface area is 370 Å². The number of alkyl halides is 1. The highest BCUT2D eigenvalue weighted by atomic mass is 32.1. The van der Waals surface area contributed by atoms with E-state index in [9.17, 15) is 34.3 Å². The summed E-state index contributed by atoms with van der Waals surface area (Å²) in [5.41, 5.74) is 0.744. The van der Waals surface area contributed by atoms with Crippen LogP contribution in [0.5, 0.6) is 5.75 Å². The van der Waals surface area contributed by atoms with Crippen molar-refractivity contribution in [3.05, 3.63) is 100 Å². The van der Waals surface area contributed by atoms with Crippen LogP contribution in [0.3, 0.4) is 0 Å². The standard InChI is InChI=1S/C47H50FN6O7PS/c1-3-22-60-46(58)29(2)52-62(59,61-35-13-5-4-6-14-35)42(48)32-16-19-40-33(24-32)25-41(63-40)43(55)51-38-15-8-7-12-34-17-18-39(54(34)44(38)56)45(57)53-28-36(37(27-50)47(53)20-21-47)31-11-9-10-30(23-31)26-49/h4-6,9-11,13-14,16,19,23-25,29,34,36-39,42H,3,7-8,12,15,17-18,20-22,28H2,1-2H3,(H,51,55)(H,52,59)/t29-,34-,36+,37+,38?,39-,42+,62?/m0/s1. The number of carbonyl (C=O) groups excluding carboxylic acids is 4. The van der Waals surface area contributed by atoms with Crippen molar-refractivity contribution in [2.75, 3.05) is 13.2 Å². The van der Waals surface area contributed by atoms with Crippen molar-refractivity contribution in [1.29, 1.82) is 10.5 Å². The maximum Gasteiger partial charge on any atom is 0.355 e. The number of para-hydroxylation sites is 1. The molecular formula is C47H50FN6O7PS. The fourth-order valence-electron chi connectivity index (χ4n) is 9.65. The van der Waals surface area contributed by atoms with E-state index in [1.54, 1.807) is 53.4 Å². The number of esters is 1. The fourth-order valence-corrected chi connectivity index (χ4v) is 12.5. The smallest absolute Gasteiger partial charge is 0.355 e. The number of fused-ring (bicyclic) bond motifs is 2. The van der Waals surface area contributed by atoms with Gasteiger partial charge in [0.1, 0.15) is 23.9 Å². The van der Waals surface area contributed by atoms with Gasteiger partial charge in [0.25, 0.3) is 5.91 Å². The molecule has 3 aromatic carbocycles. The molecule has 4 heterocycles. The molecule has 2 N–H and O–H groups in total. The first-order valence-electron chi connectivity index (χ1n) is 21.7. The molecule has 16 heteroatoms. The Kier molecular flexibility index (Phi) is 12.8. The van der Waals surface area contributed by atoms with Crippen molar-refractivity contribution in [3.8, 4) is 17.9 Å². The molecule has 4 aromatic rings. The molecule has 0 radical (unpaired) electrons. The Balaban J connectivity index is 0.993. The minimum atomic E-state index is -4.47. The number of hydrogen-bond acceptors (Lipinski definition) is 10. The summed E-state index contributed by atoms with van der Waals surface area (Å²) in [4.78, 5) is 59.7. The van der Waals surface area contributed by atoms with Gasteiger partial charge in [0.2, 0.25) is 17.7 Å². The number of amides is 3. The first-order chi connectivity index (χ1) is 30.4. The lowest BCUT2D eigenvalue weighted by Gasteiger charge is -2.37. The molecular weight excluding hydrogens is 843 g/mol. The maximum absolute atomic E-state index is 16.6. The van der Waals surface area contributed by atoms with E-state index in [4.69, 9.17) is 9.26 Å². The van der Waals surface area contributed by atoms with Crippen molar-refractivity contribution < 1.29 is 37.4 Å². The van der Waals surface area contributed by atoms with Gasteiger partial charge in [-0.2, -0.15) is 10.5 Å². The number of nitrogens with one attached hydrogen (secondary N) is 2. The molecule has 8 rings (SSSR count). The summed E-state index contributed by atoms with van der Waals surface area (Å²) in [5, 5.41) is 26.0. The van der Waals surface area contributed by atoms with Crippen LogP contribution in [0.4, 0.5) is 4.39 Å². The number of nitrogens with zero attached hydrogens (tertiary/aromatic N) is 4. The molecule has 13 nitrogen and oxygen atoms in total. The number of ether oxygens (including phenoxy) is 1. The molecule has 4 aliphatic rings. The molecule has 63 heavy (non-hydrogen) atoms. The zero-order valence-corrected chi connectivity index (χ0v) is 36.9. The highest BCUT2D eigenvalue weighted by molar-refractivity contribution is 7.57. The molecule has 1 saturated carbocycles. The van der Waals surface area contributed by atoms with Gasteiger partial charge in [-0.3, -0.25) is 23.7 Å². The van der Waals surface area contributed by atoms with E-state index in [0.717, 1.165) is 18.4 Å². The summed E-state index contributed by atoms with van der Waals surface area (Å²) in [7, 11) is -4.47. The molecule has 3 aliphatic heterocycles. The SMILES string of the molecule is CCCOC(=O)[C@H](C)NP(=O)(Oc1ccccc1)[C@@H](F)c1ccc2sc(C(=O)NC3CCCC[C@H]4CC[C@@H](C(=O)N5C[C@H](c6cccc(C#N)c6)[C@@H](C#N)C56CC6)N4C3=O)cc2c1. The molecule has 328 valence electrons. The number of thiophene rings is 1. The number of rotatable bonds is 13. The Hall–Kier alpha value is -5.60. The predicted octanol–water partition coefficient (Wildman–Crippen LogP) is 8.27. The van der Waals surface area contributed by atoms with Crippen molar-refractivity contribution >= 4 is 52.6 Å². The van der Waals surface area contributed by atoms with Gasteiger partial charge in [-0.25, -0.2) is 9.48 Å². The van der Waals surface area contributed by atoms with Crippen molar-refractivity contribution in [2.45, 2.75) is 113 Å². The molecule has 3 amide bonds. The van der Waals surface area contributed by atoms with Crippen LogP contribution >= 0.6 is 18.9 Å². The number of benzene rings is 3. The number of halogens is 1. The largest absolute Gasteiger partial charge is 0.465 e. The van der Waals surface area contributed by atoms with Gasteiger partial charge in [0, 0.05) is 23.2 Å². The number of likely N-dealkylation sites (tertiary alicyclic amines) is 1. The molecule has 2 unspecified atom stereocenters. The Morgan fingerprint density at radius 2 is 1.78 bits per heavy atom. The Bertz CT molecular complexity index is 2540. The monoisotopic (exact) mass is 892 g/mol. The lowest BCUT2D eigenvalue weighted by Crippen LogP contribution is -2.57. The minimum Gasteiger partial charge on any atom is -0.465 e. The summed E-state index contributed by atoms with van der Waals surface area (Å²) in [5.74, 6) is -4.42. The third kappa shape index (κ3) is 8.71. The quantitative estimate of drug-likeness (QED) is 0.0979. The fraction of sp³-hybridized carbons (Fsp3) is 0.447. The van der Waals surface area contributed by atoms with Gasteiger partial charge in [-0.15, -0.1) is 11.3 Å². The summed E-state index contributed by atoms with van der Waals surface area (Å²) in [6.45, 7) is 3.74. The molecule has 1 aliphatic carbocycles. The third-order valence-electron chi connectivity index (χ3n) is 12.9. The van der Waals surface area contributed by atoms with E-state index in [2.05, 4.69) is 22.5 Å². The molecule has 1 aromatic heterocycles. The topological polar surface area (TPSA) is 182 Å². The predicted molar refractivity (Wildman–Crippen MR) is 234 cm³/mol. The lowest BCUT2D eigenvalue weighted by atomic mass is 9.84. The van der Waals surface area contributed by atoms with Crippen LogP contribution in [0.25, 0.3) is 10.1 Å². The second-order valence-electron chi connectivity index (χ2n) is 17.1. The minimum absolute atomic E-state index is 0.00760. The first kappa shape index (κ1) is 44.0. The normalized spacial score (nSPS) is 24.5. The van der Waals surface area contributed by atoms with E-state index in [-0.39, 0.29) is 46.6 Å². The van der Waals surface area contributed by atoms with Crippen LogP contribution in [0.15, 0.2) is 78.9 Å². The Morgan fingerprint density at radius 3 is 2.51 bits per heavy atom. The summed E-state index contributed by atoms with van der Waals surface area (Å²) >= 11 is 1.17. The summed E-state index contributed by atoms with van der Waals surface area (Å²) in [6, 6.07) is 23.3. The molecule has 4 fully saturated rings. The molecule has 8 atom stereocenters. The van der Waals surface area contributed by atoms with Crippen LogP contribution in [-0.2, 0) is 23.7 Å². The average Bonchev–Trinajstić information content (AvgIpc) is 3.61. The van der Waals surface area contributed by atoms with Gasteiger partial charge < -0.3 is 24.4 Å². The lowest BCUT2D eigenvalue weighted by molar-refractivity contribution is -0.148. The number of hydrogen-bond donors (Lipinski definition) is 2. The van der Waals surface area contributed by atoms with Crippen LogP contribution < -0.4 is 14.9 Å². The number of nitriles is 2. The van der Waals surface area contributed by atoms with E-state index in [0.29, 0.717) is 67.1 Å². The highest BCUT2D eigenvalue weighted by Gasteiger charge is 2.64. The van der Waals surface area contributed by atoms with Gasteiger partial charge in [0.15, 0.2) is 0 Å². The van der Waals surface area contributed by atoms with Crippen LogP contribution in [0.2, 0.25) is 0 Å². The van der Waals surface area contributed by atoms with Gasteiger partial charge >= 0.3 is 13.5 Å². The van der Waals surface area contributed by atoms with Crippen LogP contribution in [0, 0.1) is 28.6 Å². The van der Waals surface area contributed by atoms with Crippen molar-refractivity contribution in [2.24, 2.45) is 5.92 Å². The molecule has 1 spiro atoms. The highest BCUT2D eigenvalue weighted by Crippen LogP contribution is 2.59. The summed E-state index contributed by atoms with van der Waals surface area (Å²) < 4.78 is 42.5.